The molecule has 1 N–H and O–H groups in total. The van der Waals surface area contributed by atoms with E-state index in [4.69, 9.17) is 5.11 Å². The number of carboxylic acids is 1. The Morgan fingerprint density at radius 3 is 3.14 bits per heavy atom. The monoisotopic (exact) mass is 191 g/mol. The Bertz CT molecular complexity index is 490. The zero-order chi connectivity index (χ0) is 10.1. The first kappa shape index (κ1) is 8.68. The summed E-state index contributed by atoms with van der Waals surface area (Å²) in [4.78, 5) is 14.5. The lowest BCUT2D eigenvalue weighted by atomic mass is 10.2. The fraction of sp³-hybridized carbons (Fsp3) is 0.222. The molecule has 0 spiro atoms. The molecule has 0 radical (unpaired) electrons. The second kappa shape index (κ2) is 3.10. The van der Waals surface area contributed by atoms with Crippen LogP contribution in [-0.2, 0) is 18.3 Å². The molecular formula is C9H9N3O2. The fourth-order valence-corrected chi connectivity index (χ4v) is 1.45. The van der Waals surface area contributed by atoms with Crippen LogP contribution in [-0.4, -0.2) is 25.8 Å². The summed E-state index contributed by atoms with van der Waals surface area (Å²) in [7, 11) is 1.77. The standard InChI is InChI=1S/C9H9N3O2/c1-12-8-5-10-3-2-6(8)7(11-12)4-9(13)14/h2-3,5H,4H2,1H3,(H,13,14). The molecule has 0 amide bonds. The molecule has 0 fully saturated rings. The third-order valence-corrected chi connectivity index (χ3v) is 2.05. The molecule has 2 aromatic heterocycles. The second-order valence-corrected chi connectivity index (χ2v) is 3.03. The van der Waals surface area contributed by atoms with E-state index >= 15 is 0 Å². The van der Waals surface area contributed by atoms with E-state index in [0.717, 1.165) is 10.9 Å². The smallest absolute Gasteiger partial charge is 0.309 e. The van der Waals surface area contributed by atoms with Gasteiger partial charge >= 0.3 is 5.97 Å². The first-order valence-corrected chi connectivity index (χ1v) is 4.16. The van der Waals surface area contributed by atoms with E-state index in [-0.39, 0.29) is 6.42 Å². The minimum atomic E-state index is -0.873. The van der Waals surface area contributed by atoms with Gasteiger partial charge in [-0.15, -0.1) is 0 Å². The number of rotatable bonds is 2. The van der Waals surface area contributed by atoms with Crippen LogP contribution in [0.4, 0.5) is 0 Å². The van der Waals surface area contributed by atoms with Gasteiger partial charge in [-0.05, 0) is 6.07 Å². The maximum Gasteiger partial charge on any atom is 0.309 e. The average Bonchev–Trinajstić information content (AvgIpc) is 2.44. The van der Waals surface area contributed by atoms with Crippen LogP contribution in [0.5, 0.6) is 0 Å². The van der Waals surface area contributed by atoms with Gasteiger partial charge in [-0.3, -0.25) is 14.5 Å². The van der Waals surface area contributed by atoms with Crippen molar-refractivity contribution in [2.24, 2.45) is 7.05 Å². The van der Waals surface area contributed by atoms with E-state index in [1.54, 1.807) is 30.2 Å². The maximum absolute atomic E-state index is 10.6. The predicted octanol–water partition coefficient (Wildman–Crippen LogP) is 0.595. The van der Waals surface area contributed by atoms with Crippen LogP contribution in [0.1, 0.15) is 5.69 Å². The summed E-state index contributed by atoms with van der Waals surface area (Å²) in [5.74, 6) is -0.873. The number of hydrogen-bond acceptors (Lipinski definition) is 3. The number of aliphatic carboxylic acids is 1. The molecule has 0 atom stereocenters. The van der Waals surface area contributed by atoms with Crippen LogP contribution in [0.2, 0.25) is 0 Å². The normalized spacial score (nSPS) is 10.6. The van der Waals surface area contributed by atoms with Crippen molar-refractivity contribution in [2.75, 3.05) is 0 Å². The minimum Gasteiger partial charge on any atom is -0.481 e. The van der Waals surface area contributed by atoms with Crippen molar-refractivity contribution in [3.05, 3.63) is 24.2 Å². The van der Waals surface area contributed by atoms with Crippen molar-refractivity contribution in [1.29, 1.82) is 0 Å². The van der Waals surface area contributed by atoms with Gasteiger partial charge in [-0.2, -0.15) is 5.10 Å². The number of aromatic nitrogens is 3. The van der Waals surface area contributed by atoms with Gasteiger partial charge in [0.25, 0.3) is 0 Å². The van der Waals surface area contributed by atoms with E-state index in [9.17, 15) is 4.79 Å². The van der Waals surface area contributed by atoms with Gasteiger partial charge in [0.1, 0.15) is 0 Å². The number of pyridine rings is 1. The summed E-state index contributed by atoms with van der Waals surface area (Å²) in [5, 5.41) is 13.6. The zero-order valence-electron chi connectivity index (χ0n) is 7.64. The van der Waals surface area contributed by atoms with Gasteiger partial charge in [0.2, 0.25) is 0 Å². The Kier molecular flexibility index (Phi) is 1.92. The Balaban J connectivity index is 2.60. The molecule has 0 saturated heterocycles. The number of aryl methyl sites for hydroxylation is 1. The molecule has 5 nitrogen and oxygen atoms in total. The topological polar surface area (TPSA) is 68.0 Å². The predicted molar refractivity (Wildman–Crippen MR) is 49.8 cm³/mol. The number of carboxylic acid groups (broad SMARTS) is 1. The quantitative estimate of drug-likeness (QED) is 0.754. The first-order valence-electron chi connectivity index (χ1n) is 4.16. The highest BCUT2D eigenvalue weighted by atomic mass is 16.4. The molecular weight excluding hydrogens is 182 g/mol. The first-order chi connectivity index (χ1) is 6.68. The third kappa shape index (κ3) is 1.32. The number of carbonyl (C=O) groups is 1. The summed E-state index contributed by atoms with van der Waals surface area (Å²) in [6.45, 7) is 0. The zero-order valence-corrected chi connectivity index (χ0v) is 7.64. The van der Waals surface area contributed by atoms with Crippen molar-refractivity contribution in [3.63, 3.8) is 0 Å². The Hall–Kier alpha value is -1.91. The molecule has 2 rings (SSSR count). The summed E-state index contributed by atoms with van der Waals surface area (Å²) < 4.78 is 1.64. The second-order valence-electron chi connectivity index (χ2n) is 3.03. The SMILES string of the molecule is Cn1nc(CC(=O)O)c2ccncc21. The van der Waals surface area contributed by atoms with E-state index in [1.807, 2.05) is 0 Å². The van der Waals surface area contributed by atoms with Crippen LogP contribution in [0.3, 0.4) is 0 Å². The minimum absolute atomic E-state index is 0.0542. The molecule has 2 heterocycles. The molecule has 72 valence electrons. The van der Waals surface area contributed by atoms with Gasteiger partial charge in [0, 0.05) is 18.6 Å². The van der Waals surface area contributed by atoms with E-state index in [2.05, 4.69) is 10.1 Å². The maximum atomic E-state index is 10.6. The molecule has 14 heavy (non-hydrogen) atoms. The summed E-state index contributed by atoms with van der Waals surface area (Å²) in [6.07, 6.45) is 3.25. The average molecular weight is 191 g/mol. The van der Waals surface area contributed by atoms with E-state index < -0.39 is 5.97 Å². The van der Waals surface area contributed by atoms with Gasteiger partial charge in [0.15, 0.2) is 0 Å². The van der Waals surface area contributed by atoms with Gasteiger partial charge in [-0.1, -0.05) is 0 Å². The van der Waals surface area contributed by atoms with Crippen molar-refractivity contribution in [1.82, 2.24) is 14.8 Å². The Morgan fingerprint density at radius 2 is 2.43 bits per heavy atom. The molecule has 0 bridgehead atoms. The van der Waals surface area contributed by atoms with Crippen LogP contribution in [0, 0.1) is 0 Å². The van der Waals surface area contributed by atoms with E-state index in [0.29, 0.717) is 5.69 Å². The van der Waals surface area contributed by atoms with Gasteiger partial charge in [0.05, 0.1) is 23.8 Å². The van der Waals surface area contributed by atoms with Crippen LogP contribution in [0.15, 0.2) is 18.5 Å². The van der Waals surface area contributed by atoms with E-state index in [1.165, 1.54) is 0 Å². The molecule has 0 aromatic carbocycles. The highest BCUT2D eigenvalue weighted by molar-refractivity contribution is 5.84. The fourth-order valence-electron chi connectivity index (χ4n) is 1.45. The molecule has 0 aliphatic carbocycles. The largest absolute Gasteiger partial charge is 0.481 e. The lowest BCUT2D eigenvalue weighted by Crippen LogP contribution is -2.01. The number of nitrogens with zero attached hydrogens (tertiary/aromatic N) is 3. The Labute approximate surface area is 80.0 Å². The highest BCUT2D eigenvalue weighted by Crippen LogP contribution is 2.16. The lowest BCUT2D eigenvalue weighted by molar-refractivity contribution is -0.136. The summed E-state index contributed by atoms with van der Waals surface area (Å²) in [6, 6.07) is 1.78. The van der Waals surface area contributed by atoms with Crippen molar-refractivity contribution in [2.45, 2.75) is 6.42 Å². The van der Waals surface area contributed by atoms with Crippen LogP contribution in [0.25, 0.3) is 10.9 Å². The molecule has 0 unspecified atom stereocenters. The molecule has 0 aliphatic heterocycles. The third-order valence-electron chi connectivity index (χ3n) is 2.05. The molecule has 0 aliphatic rings. The van der Waals surface area contributed by atoms with Gasteiger partial charge in [-0.25, -0.2) is 0 Å². The Morgan fingerprint density at radius 1 is 1.64 bits per heavy atom. The number of hydrogen-bond donors (Lipinski definition) is 1. The lowest BCUT2D eigenvalue weighted by Gasteiger charge is -1.90. The van der Waals surface area contributed by atoms with Crippen molar-refractivity contribution >= 4 is 16.9 Å². The van der Waals surface area contributed by atoms with Gasteiger partial charge < -0.3 is 5.11 Å². The highest BCUT2D eigenvalue weighted by Gasteiger charge is 2.10. The van der Waals surface area contributed by atoms with Crippen molar-refractivity contribution in [3.8, 4) is 0 Å². The summed E-state index contributed by atoms with van der Waals surface area (Å²) >= 11 is 0. The van der Waals surface area contributed by atoms with Crippen LogP contribution < -0.4 is 0 Å². The van der Waals surface area contributed by atoms with Crippen molar-refractivity contribution < 1.29 is 9.90 Å². The van der Waals surface area contributed by atoms with Crippen LogP contribution >= 0.6 is 0 Å². The molecule has 0 saturated carbocycles. The molecule has 5 heteroatoms. The molecule has 2 aromatic rings. The summed E-state index contributed by atoms with van der Waals surface area (Å²) in [5.41, 5.74) is 1.43. The number of fused-ring (bicyclic) bond motifs is 1.